The number of ether oxygens (including phenoxy) is 3. The molecule has 5 N–H and O–H groups in total. The van der Waals surface area contributed by atoms with Crippen LogP contribution in [0.3, 0.4) is 0 Å². The van der Waals surface area contributed by atoms with E-state index >= 15 is 0 Å². The predicted octanol–water partition coefficient (Wildman–Crippen LogP) is 2.44. The Balaban J connectivity index is 1.39. The number of hydrogen-bond donors (Lipinski definition) is 3. The monoisotopic (exact) mass is 570 g/mol. The minimum atomic E-state index is -1.50. The number of carbonyl (C=O) groups excluding carboxylic acids is 2. The van der Waals surface area contributed by atoms with Crippen molar-refractivity contribution in [1.29, 1.82) is 0 Å². The van der Waals surface area contributed by atoms with Gasteiger partial charge in [-0.1, -0.05) is 38.5 Å². The predicted molar refractivity (Wildman–Crippen MR) is 151 cm³/mol. The van der Waals surface area contributed by atoms with Crippen molar-refractivity contribution in [1.82, 2.24) is 14.6 Å². The van der Waals surface area contributed by atoms with Crippen LogP contribution in [0.1, 0.15) is 82.7 Å². The SMILES string of the molecule is C=NC[C@@]1(c2ccc3c(N)ncnn23)O[C@H](COC(=O)CC2(N)CCCCC2)[C@@H](OC(=O)CC2CCCCC2)[C@H]1O. The van der Waals surface area contributed by atoms with Gasteiger partial charge in [0.25, 0.3) is 0 Å². The number of rotatable bonds is 10. The number of fused-ring (bicyclic) bond motifs is 1. The normalized spacial score (nSPS) is 28.4. The third-order valence-corrected chi connectivity index (χ3v) is 8.98. The molecule has 2 aromatic rings. The summed E-state index contributed by atoms with van der Waals surface area (Å²) in [6.07, 6.45) is 8.13. The van der Waals surface area contributed by atoms with Gasteiger partial charge in [-0.3, -0.25) is 14.6 Å². The molecule has 12 heteroatoms. The molecule has 2 aliphatic carbocycles. The maximum atomic E-state index is 13.1. The van der Waals surface area contributed by atoms with Crippen molar-refractivity contribution in [2.75, 3.05) is 18.9 Å². The third kappa shape index (κ3) is 6.24. The van der Waals surface area contributed by atoms with Crippen molar-refractivity contribution in [3.63, 3.8) is 0 Å². The van der Waals surface area contributed by atoms with Crippen LogP contribution >= 0.6 is 0 Å². The van der Waals surface area contributed by atoms with Crippen LogP contribution in [-0.4, -0.2) is 75.4 Å². The average Bonchev–Trinajstić information content (AvgIpc) is 3.50. The number of nitrogens with zero attached hydrogens (tertiary/aromatic N) is 4. The van der Waals surface area contributed by atoms with Crippen LogP contribution in [0.5, 0.6) is 0 Å². The van der Waals surface area contributed by atoms with E-state index in [9.17, 15) is 14.7 Å². The highest BCUT2D eigenvalue weighted by atomic mass is 16.6. The number of anilines is 1. The quantitative estimate of drug-likeness (QED) is 0.284. The molecule has 5 rings (SSSR count). The number of nitrogen functional groups attached to an aromatic ring is 1. The molecule has 1 aliphatic heterocycles. The van der Waals surface area contributed by atoms with E-state index < -0.39 is 41.4 Å². The summed E-state index contributed by atoms with van der Waals surface area (Å²) in [4.78, 5) is 34.1. The topological polar surface area (TPSA) is 177 Å². The van der Waals surface area contributed by atoms with E-state index in [4.69, 9.17) is 25.7 Å². The van der Waals surface area contributed by atoms with Crippen molar-refractivity contribution in [3.05, 3.63) is 24.2 Å². The van der Waals surface area contributed by atoms with Gasteiger partial charge < -0.3 is 30.8 Å². The Labute approximate surface area is 239 Å². The average molecular weight is 571 g/mol. The molecule has 3 fully saturated rings. The van der Waals surface area contributed by atoms with E-state index in [-0.39, 0.29) is 37.7 Å². The lowest BCUT2D eigenvalue weighted by atomic mass is 9.80. The summed E-state index contributed by atoms with van der Waals surface area (Å²) in [5, 5.41) is 16.1. The van der Waals surface area contributed by atoms with Gasteiger partial charge in [0.15, 0.2) is 17.5 Å². The van der Waals surface area contributed by atoms with Crippen molar-refractivity contribution in [2.45, 2.75) is 107 Å². The second-order valence-corrected chi connectivity index (χ2v) is 12.0. The molecule has 2 saturated carbocycles. The zero-order valence-electron chi connectivity index (χ0n) is 23.6. The third-order valence-electron chi connectivity index (χ3n) is 8.98. The first-order valence-electron chi connectivity index (χ1n) is 14.8. The van der Waals surface area contributed by atoms with Crippen LogP contribution in [0.15, 0.2) is 23.5 Å². The van der Waals surface area contributed by atoms with Gasteiger partial charge in [-0.2, -0.15) is 5.10 Å². The number of aromatic nitrogens is 3. The lowest BCUT2D eigenvalue weighted by Crippen LogP contribution is -2.46. The Bertz CT molecular complexity index is 1240. The van der Waals surface area contributed by atoms with Crippen LogP contribution in [0.2, 0.25) is 0 Å². The fraction of sp³-hybridized carbons (Fsp3) is 0.690. The number of hydrogen-bond acceptors (Lipinski definition) is 11. The summed E-state index contributed by atoms with van der Waals surface area (Å²) in [5.41, 5.74) is 11.4. The fourth-order valence-corrected chi connectivity index (χ4v) is 6.78. The maximum Gasteiger partial charge on any atom is 0.307 e. The molecule has 0 unspecified atom stereocenters. The second kappa shape index (κ2) is 12.4. The van der Waals surface area contributed by atoms with Gasteiger partial charge in [0.1, 0.15) is 30.7 Å². The summed E-state index contributed by atoms with van der Waals surface area (Å²) < 4.78 is 19.6. The highest BCUT2D eigenvalue weighted by molar-refractivity contribution is 5.71. The molecule has 4 atom stereocenters. The van der Waals surface area contributed by atoms with Gasteiger partial charge in [0.2, 0.25) is 0 Å². The van der Waals surface area contributed by atoms with E-state index in [1.54, 1.807) is 12.1 Å². The van der Waals surface area contributed by atoms with Crippen molar-refractivity contribution < 1.29 is 28.9 Å². The fourth-order valence-electron chi connectivity index (χ4n) is 6.78. The largest absolute Gasteiger partial charge is 0.463 e. The molecule has 0 bridgehead atoms. The summed E-state index contributed by atoms with van der Waals surface area (Å²) >= 11 is 0. The summed E-state index contributed by atoms with van der Waals surface area (Å²) in [6, 6.07) is 3.43. The van der Waals surface area contributed by atoms with Gasteiger partial charge >= 0.3 is 11.9 Å². The Kier molecular flexibility index (Phi) is 8.91. The first-order chi connectivity index (χ1) is 19.7. The van der Waals surface area contributed by atoms with Crippen molar-refractivity contribution in [3.8, 4) is 0 Å². The number of aliphatic imine (C=N–C) groups is 1. The van der Waals surface area contributed by atoms with Gasteiger partial charge in [-0.05, 0) is 50.5 Å². The molecule has 0 radical (unpaired) electrons. The van der Waals surface area contributed by atoms with E-state index in [0.717, 1.165) is 57.8 Å². The lowest BCUT2D eigenvalue weighted by Gasteiger charge is -2.32. The van der Waals surface area contributed by atoms with Crippen LogP contribution in [-0.2, 0) is 29.4 Å². The first-order valence-corrected chi connectivity index (χ1v) is 14.8. The summed E-state index contributed by atoms with van der Waals surface area (Å²) in [5.74, 6) is -0.373. The molecular formula is C29H42N6O6. The molecule has 3 aliphatic rings. The molecular weight excluding hydrogens is 528 g/mol. The molecule has 3 heterocycles. The standard InChI is InChI=1S/C29H42N6O6/c1-32-17-29(22-11-10-20-27(30)33-18-34-35(20)22)26(38)25(40-23(36)14-19-8-4-2-5-9-19)21(41-29)16-39-24(37)15-28(31)12-6-3-7-13-28/h10-11,18-19,21,25-26,38H,1-9,12-17,31H2,(H2,30,33,34)/t21-,25-,26-,29+/m1/s1. The molecule has 41 heavy (non-hydrogen) atoms. The highest BCUT2D eigenvalue weighted by Gasteiger charge is 2.59. The number of aliphatic hydroxyl groups is 1. The van der Waals surface area contributed by atoms with E-state index in [1.807, 2.05) is 0 Å². The molecule has 0 spiro atoms. The Morgan fingerprint density at radius 3 is 2.61 bits per heavy atom. The number of esters is 2. The van der Waals surface area contributed by atoms with Gasteiger partial charge in [0, 0.05) is 12.0 Å². The van der Waals surface area contributed by atoms with Crippen LogP contribution in [0.25, 0.3) is 5.52 Å². The highest BCUT2D eigenvalue weighted by Crippen LogP contribution is 2.43. The minimum Gasteiger partial charge on any atom is -0.463 e. The Morgan fingerprint density at radius 1 is 1.15 bits per heavy atom. The molecule has 1 saturated heterocycles. The van der Waals surface area contributed by atoms with Crippen LogP contribution < -0.4 is 11.5 Å². The van der Waals surface area contributed by atoms with Gasteiger partial charge in [0.05, 0.1) is 18.7 Å². The lowest BCUT2D eigenvalue weighted by molar-refractivity contribution is -0.162. The molecule has 0 aromatic carbocycles. The maximum absolute atomic E-state index is 13.1. The van der Waals surface area contributed by atoms with E-state index in [2.05, 4.69) is 21.8 Å². The first kappa shape index (κ1) is 29.4. The van der Waals surface area contributed by atoms with Gasteiger partial charge in [-0.25, -0.2) is 9.50 Å². The van der Waals surface area contributed by atoms with E-state index in [0.29, 0.717) is 11.2 Å². The Morgan fingerprint density at radius 2 is 1.88 bits per heavy atom. The Hall–Kier alpha value is -3.09. The molecule has 12 nitrogen and oxygen atoms in total. The van der Waals surface area contributed by atoms with Crippen molar-refractivity contribution in [2.24, 2.45) is 16.6 Å². The minimum absolute atomic E-state index is 0.0722. The molecule has 224 valence electrons. The molecule has 2 aromatic heterocycles. The van der Waals surface area contributed by atoms with Gasteiger partial charge in [-0.15, -0.1) is 0 Å². The zero-order valence-corrected chi connectivity index (χ0v) is 23.6. The summed E-state index contributed by atoms with van der Waals surface area (Å²) in [7, 11) is 0. The van der Waals surface area contributed by atoms with E-state index in [1.165, 1.54) is 17.3 Å². The number of nitrogens with two attached hydrogens (primary N) is 2. The second-order valence-electron chi connectivity index (χ2n) is 12.0. The van der Waals surface area contributed by atoms with Crippen LogP contribution in [0.4, 0.5) is 5.82 Å². The van der Waals surface area contributed by atoms with Crippen LogP contribution in [0, 0.1) is 5.92 Å². The number of carbonyl (C=O) groups is 2. The number of aliphatic hydroxyl groups excluding tert-OH is 1. The molecule has 0 amide bonds. The summed E-state index contributed by atoms with van der Waals surface area (Å²) in [6.45, 7) is 3.33. The van der Waals surface area contributed by atoms with Crippen molar-refractivity contribution >= 4 is 30.0 Å². The zero-order chi connectivity index (χ0) is 29.0. The smallest absolute Gasteiger partial charge is 0.307 e.